The first-order chi connectivity index (χ1) is 10.7. The topological polar surface area (TPSA) is 58.0 Å². The lowest BCUT2D eigenvalue weighted by Gasteiger charge is -2.46. The minimum atomic E-state index is -0.257. The highest BCUT2D eigenvalue weighted by Gasteiger charge is 2.45. The Morgan fingerprint density at radius 1 is 1.23 bits per heavy atom. The summed E-state index contributed by atoms with van der Waals surface area (Å²) in [7, 11) is 0. The molecular weight excluding hydrogens is 409 g/mol. The molecule has 112 valence electrons. The number of thiophene rings is 1. The van der Waals surface area contributed by atoms with E-state index in [2.05, 4.69) is 56.1 Å². The van der Waals surface area contributed by atoms with Crippen molar-refractivity contribution in [1.82, 2.24) is 9.97 Å². The molecule has 2 heterocycles. The minimum Gasteiger partial charge on any atom is -0.393 e. The molecule has 1 aromatic carbocycles. The number of halogens is 1. The van der Waals surface area contributed by atoms with Crippen LogP contribution in [0.1, 0.15) is 18.4 Å². The lowest BCUT2D eigenvalue weighted by atomic mass is 9.69. The van der Waals surface area contributed by atoms with Crippen LogP contribution in [0.15, 0.2) is 42.7 Å². The summed E-state index contributed by atoms with van der Waals surface area (Å²) in [4.78, 5) is 9.77. The SMILES string of the molecule is OC1CC(Nc2ncnc3sc(I)cc23)(c2ccccc2)C1. The maximum absolute atomic E-state index is 9.87. The van der Waals surface area contributed by atoms with Crippen molar-refractivity contribution in [3.63, 3.8) is 0 Å². The van der Waals surface area contributed by atoms with Gasteiger partial charge in [0.2, 0.25) is 0 Å². The second kappa shape index (κ2) is 5.43. The van der Waals surface area contributed by atoms with E-state index in [9.17, 15) is 5.11 Å². The van der Waals surface area contributed by atoms with Crippen LogP contribution in [0.3, 0.4) is 0 Å². The monoisotopic (exact) mass is 423 g/mol. The number of nitrogens with zero attached hydrogens (tertiary/aromatic N) is 2. The van der Waals surface area contributed by atoms with Gasteiger partial charge in [0.15, 0.2) is 0 Å². The van der Waals surface area contributed by atoms with Gasteiger partial charge in [-0.05, 0) is 34.2 Å². The van der Waals surface area contributed by atoms with E-state index in [0.717, 1.165) is 16.0 Å². The van der Waals surface area contributed by atoms with Crippen LogP contribution in [0.2, 0.25) is 0 Å². The second-order valence-corrected chi connectivity index (χ2v) is 8.55. The molecule has 3 aromatic rings. The highest BCUT2D eigenvalue weighted by Crippen LogP contribution is 2.45. The van der Waals surface area contributed by atoms with Crippen LogP contribution < -0.4 is 5.32 Å². The zero-order valence-electron chi connectivity index (χ0n) is 11.7. The number of aliphatic hydroxyl groups is 1. The van der Waals surface area contributed by atoms with E-state index in [0.29, 0.717) is 12.8 Å². The van der Waals surface area contributed by atoms with Gasteiger partial charge in [0.05, 0.1) is 19.9 Å². The molecular formula is C16H14IN3OS. The quantitative estimate of drug-likeness (QED) is 0.630. The smallest absolute Gasteiger partial charge is 0.138 e. The van der Waals surface area contributed by atoms with Crippen molar-refractivity contribution in [3.8, 4) is 0 Å². The first-order valence-electron chi connectivity index (χ1n) is 7.08. The predicted molar refractivity (Wildman–Crippen MR) is 97.1 cm³/mol. The van der Waals surface area contributed by atoms with Crippen LogP contribution in [0.25, 0.3) is 10.2 Å². The van der Waals surface area contributed by atoms with Crippen LogP contribution in [-0.2, 0) is 5.54 Å². The van der Waals surface area contributed by atoms with Crippen molar-refractivity contribution >= 4 is 50.0 Å². The number of aliphatic hydroxyl groups excluding tert-OH is 1. The van der Waals surface area contributed by atoms with Gasteiger partial charge >= 0.3 is 0 Å². The summed E-state index contributed by atoms with van der Waals surface area (Å²) in [5.41, 5.74) is 0.951. The Hall–Kier alpha value is -1.25. The molecule has 1 fully saturated rings. The number of benzene rings is 1. The highest BCUT2D eigenvalue weighted by molar-refractivity contribution is 14.1. The summed E-state index contributed by atoms with van der Waals surface area (Å²) in [6.45, 7) is 0. The van der Waals surface area contributed by atoms with Crippen LogP contribution >= 0.6 is 33.9 Å². The Labute approximate surface area is 145 Å². The van der Waals surface area contributed by atoms with Gasteiger partial charge in [-0.25, -0.2) is 9.97 Å². The van der Waals surface area contributed by atoms with Gasteiger partial charge in [-0.2, -0.15) is 0 Å². The molecule has 6 heteroatoms. The number of aromatic nitrogens is 2. The van der Waals surface area contributed by atoms with Crippen LogP contribution in [0.4, 0.5) is 5.82 Å². The Balaban J connectivity index is 1.76. The van der Waals surface area contributed by atoms with E-state index in [-0.39, 0.29) is 11.6 Å². The lowest BCUT2D eigenvalue weighted by molar-refractivity contribution is 0.0317. The fourth-order valence-corrected chi connectivity index (χ4v) is 4.73. The largest absolute Gasteiger partial charge is 0.393 e. The Morgan fingerprint density at radius 3 is 2.73 bits per heavy atom. The average Bonchev–Trinajstić information content (AvgIpc) is 2.87. The molecule has 4 nitrogen and oxygen atoms in total. The molecule has 0 amide bonds. The van der Waals surface area contributed by atoms with Crippen molar-refractivity contribution in [2.45, 2.75) is 24.5 Å². The van der Waals surface area contributed by atoms with Gasteiger partial charge in [0.25, 0.3) is 0 Å². The Kier molecular flexibility index (Phi) is 3.54. The molecule has 0 radical (unpaired) electrons. The summed E-state index contributed by atoms with van der Waals surface area (Å²) >= 11 is 3.97. The number of hydrogen-bond donors (Lipinski definition) is 2. The maximum atomic E-state index is 9.87. The van der Waals surface area contributed by atoms with Gasteiger partial charge in [-0.3, -0.25) is 0 Å². The van der Waals surface area contributed by atoms with Gasteiger partial charge < -0.3 is 10.4 Å². The third-order valence-corrected chi connectivity index (χ3v) is 5.96. The number of rotatable bonds is 3. The minimum absolute atomic E-state index is 0.241. The highest BCUT2D eigenvalue weighted by atomic mass is 127. The molecule has 0 aliphatic heterocycles. The molecule has 2 N–H and O–H groups in total. The van der Waals surface area contributed by atoms with Crippen molar-refractivity contribution in [2.24, 2.45) is 0 Å². The number of fused-ring (bicyclic) bond motifs is 1. The van der Waals surface area contributed by atoms with Crippen molar-refractivity contribution in [2.75, 3.05) is 5.32 Å². The van der Waals surface area contributed by atoms with Crippen molar-refractivity contribution in [3.05, 3.63) is 51.2 Å². The Bertz CT molecular complexity index is 815. The van der Waals surface area contributed by atoms with Crippen LogP contribution in [0.5, 0.6) is 0 Å². The number of nitrogens with one attached hydrogen (secondary N) is 1. The van der Waals surface area contributed by atoms with Crippen LogP contribution in [0, 0.1) is 2.88 Å². The molecule has 0 unspecified atom stereocenters. The summed E-state index contributed by atoms with van der Waals surface area (Å²) in [5.74, 6) is 0.847. The molecule has 2 aromatic heterocycles. The Morgan fingerprint density at radius 2 is 2.00 bits per heavy atom. The molecule has 1 saturated carbocycles. The molecule has 0 atom stereocenters. The summed E-state index contributed by atoms with van der Waals surface area (Å²) in [5, 5.41) is 14.5. The first-order valence-corrected chi connectivity index (χ1v) is 8.98. The third-order valence-electron chi connectivity index (χ3n) is 4.15. The summed E-state index contributed by atoms with van der Waals surface area (Å²) in [6.07, 6.45) is 2.74. The molecule has 22 heavy (non-hydrogen) atoms. The molecule has 4 rings (SSSR count). The number of hydrogen-bond acceptors (Lipinski definition) is 5. The van der Waals surface area contributed by atoms with E-state index in [1.54, 1.807) is 17.7 Å². The summed E-state index contributed by atoms with van der Waals surface area (Å²) < 4.78 is 1.19. The zero-order valence-corrected chi connectivity index (χ0v) is 14.6. The maximum Gasteiger partial charge on any atom is 0.138 e. The second-order valence-electron chi connectivity index (χ2n) is 5.63. The van der Waals surface area contributed by atoms with Crippen molar-refractivity contribution < 1.29 is 5.11 Å². The molecule has 1 aliphatic carbocycles. The van der Waals surface area contributed by atoms with Gasteiger partial charge in [0, 0.05) is 12.8 Å². The zero-order chi connectivity index (χ0) is 15.2. The van der Waals surface area contributed by atoms with E-state index < -0.39 is 0 Å². The number of anilines is 1. The van der Waals surface area contributed by atoms with Gasteiger partial charge in [-0.1, -0.05) is 30.3 Å². The predicted octanol–water partition coefficient (Wildman–Crippen LogP) is 3.76. The van der Waals surface area contributed by atoms with E-state index >= 15 is 0 Å². The standard InChI is InChI=1S/C16H14IN3OS/c17-13-6-12-14(18-9-19-15(12)22-13)20-16(7-11(21)8-16)10-4-2-1-3-5-10/h1-6,9,11,21H,7-8H2,(H,18,19,20). The molecule has 0 bridgehead atoms. The first kappa shape index (κ1) is 14.3. The fraction of sp³-hybridized carbons (Fsp3) is 0.250. The van der Waals surface area contributed by atoms with Crippen molar-refractivity contribution in [1.29, 1.82) is 0 Å². The average molecular weight is 423 g/mol. The third kappa shape index (κ3) is 2.39. The van der Waals surface area contributed by atoms with E-state index in [1.807, 2.05) is 18.2 Å². The molecule has 0 spiro atoms. The van der Waals surface area contributed by atoms with Crippen LogP contribution in [-0.4, -0.2) is 21.2 Å². The lowest BCUT2D eigenvalue weighted by Crippen LogP contribution is -2.50. The molecule has 0 saturated heterocycles. The van der Waals surface area contributed by atoms with E-state index in [4.69, 9.17) is 0 Å². The summed E-state index contributed by atoms with van der Waals surface area (Å²) in [6, 6.07) is 12.4. The van der Waals surface area contributed by atoms with E-state index in [1.165, 1.54) is 8.45 Å². The fourth-order valence-electron chi connectivity index (χ4n) is 3.06. The normalized spacial score (nSPS) is 24.2. The van der Waals surface area contributed by atoms with Gasteiger partial charge in [-0.15, -0.1) is 11.3 Å². The molecule has 1 aliphatic rings. The van der Waals surface area contributed by atoms with Gasteiger partial charge in [0.1, 0.15) is 17.0 Å².